The lowest BCUT2D eigenvalue weighted by atomic mass is 9.78. The molecule has 1 aromatic rings. The monoisotopic (exact) mass is 341 g/mol. The van der Waals surface area contributed by atoms with Crippen molar-refractivity contribution in [3.63, 3.8) is 0 Å². The van der Waals surface area contributed by atoms with Gasteiger partial charge >= 0.3 is 0 Å². The zero-order valence-corrected chi connectivity index (χ0v) is 15.4. The second kappa shape index (κ2) is 6.95. The van der Waals surface area contributed by atoms with E-state index < -0.39 is 0 Å². The van der Waals surface area contributed by atoms with Crippen LogP contribution in [0.4, 0.5) is 0 Å². The number of benzene rings is 1. The van der Waals surface area contributed by atoms with Gasteiger partial charge in [-0.15, -0.1) is 0 Å². The summed E-state index contributed by atoms with van der Waals surface area (Å²) in [5.41, 5.74) is 3.86. The molecule has 0 aliphatic heterocycles. The molecule has 0 unspecified atom stereocenters. The lowest BCUT2D eigenvalue weighted by Crippen LogP contribution is -2.30. The van der Waals surface area contributed by atoms with Crippen LogP contribution in [0.5, 0.6) is 5.75 Å². The molecule has 0 radical (unpaired) electrons. The molecule has 2 nitrogen and oxygen atoms in total. The lowest BCUT2D eigenvalue weighted by Gasteiger charge is -2.31. The van der Waals surface area contributed by atoms with Crippen molar-refractivity contribution in [3.05, 3.63) is 27.2 Å². The smallest absolute Gasteiger partial charge is 0.125 e. The van der Waals surface area contributed by atoms with Crippen LogP contribution in [0.2, 0.25) is 0 Å². The Balaban J connectivity index is 3.15. The SMILES string of the molecule is COc1c(C)cc(Br)c(C)c1C(C)(C)CCNC(C)C. The minimum absolute atomic E-state index is 0.0753. The Hall–Kier alpha value is -0.540. The molecule has 3 heteroatoms. The molecule has 0 spiro atoms. The van der Waals surface area contributed by atoms with E-state index in [1.165, 1.54) is 16.7 Å². The molecule has 0 heterocycles. The van der Waals surface area contributed by atoms with Crippen LogP contribution in [-0.2, 0) is 5.41 Å². The Labute approximate surface area is 132 Å². The first-order valence-electron chi connectivity index (χ1n) is 7.28. The van der Waals surface area contributed by atoms with Gasteiger partial charge in [0.2, 0.25) is 0 Å². The van der Waals surface area contributed by atoms with Crippen molar-refractivity contribution < 1.29 is 4.74 Å². The Morgan fingerprint density at radius 3 is 2.40 bits per heavy atom. The van der Waals surface area contributed by atoms with Crippen LogP contribution in [-0.4, -0.2) is 19.7 Å². The van der Waals surface area contributed by atoms with Crippen molar-refractivity contribution in [1.82, 2.24) is 5.32 Å². The van der Waals surface area contributed by atoms with Gasteiger partial charge in [-0.1, -0.05) is 43.6 Å². The standard InChI is InChI=1S/C17H28BrNO/c1-11(2)19-9-8-17(5,6)15-13(4)14(18)10-12(3)16(15)20-7/h10-11,19H,8-9H2,1-7H3. The van der Waals surface area contributed by atoms with E-state index in [1.807, 2.05) is 0 Å². The molecule has 0 saturated heterocycles. The fourth-order valence-corrected chi connectivity index (χ4v) is 3.27. The Kier molecular flexibility index (Phi) is 6.08. The molecule has 0 aliphatic carbocycles. The molecule has 0 atom stereocenters. The number of aryl methyl sites for hydroxylation is 1. The normalized spacial score (nSPS) is 12.1. The Morgan fingerprint density at radius 1 is 1.30 bits per heavy atom. The van der Waals surface area contributed by atoms with Crippen LogP contribution in [0.3, 0.4) is 0 Å². The van der Waals surface area contributed by atoms with Crippen molar-refractivity contribution in [1.29, 1.82) is 0 Å². The van der Waals surface area contributed by atoms with Gasteiger partial charge in [-0.2, -0.15) is 0 Å². The van der Waals surface area contributed by atoms with E-state index in [-0.39, 0.29) is 5.41 Å². The average molecular weight is 342 g/mol. The highest BCUT2D eigenvalue weighted by Crippen LogP contribution is 2.41. The number of ether oxygens (including phenoxy) is 1. The van der Waals surface area contributed by atoms with Gasteiger partial charge < -0.3 is 10.1 Å². The number of nitrogens with one attached hydrogen (secondary N) is 1. The van der Waals surface area contributed by atoms with Crippen LogP contribution in [0.25, 0.3) is 0 Å². The second-order valence-corrected chi connectivity index (χ2v) is 7.31. The summed E-state index contributed by atoms with van der Waals surface area (Å²) in [7, 11) is 1.77. The van der Waals surface area contributed by atoms with Crippen LogP contribution < -0.4 is 10.1 Å². The molecular formula is C17H28BrNO. The van der Waals surface area contributed by atoms with Crippen LogP contribution in [0, 0.1) is 13.8 Å². The third kappa shape index (κ3) is 3.98. The molecule has 0 amide bonds. The lowest BCUT2D eigenvalue weighted by molar-refractivity contribution is 0.375. The van der Waals surface area contributed by atoms with Gasteiger partial charge in [-0.25, -0.2) is 0 Å². The Morgan fingerprint density at radius 2 is 1.90 bits per heavy atom. The number of rotatable bonds is 6. The van der Waals surface area contributed by atoms with E-state index >= 15 is 0 Å². The highest BCUT2D eigenvalue weighted by molar-refractivity contribution is 9.10. The van der Waals surface area contributed by atoms with Gasteiger partial charge in [-0.05, 0) is 49.4 Å². The van der Waals surface area contributed by atoms with Crippen molar-refractivity contribution in [2.24, 2.45) is 0 Å². The fraction of sp³-hybridized carbons (Fsp3) is 0.647. The maximum absolute atomic E-state index is 5.68. The van der Waals surface area contributed by atoms with Gasteiger partial charge in [0.1, 0.15) is 5.75 Å². The van der Waals surface area contributed by atoms with Crippen LogP contribution in [0.1, 0.15) is 50.8 Å². The quantitative estimate of drug-likeness (QED) is 0.806. The topological polar surface area (TPSA) is 21.3 Å². The largest absolute Gasteiger partial charge is 0.496 e. The maximum Gasteiger partial charge on any atom is 0.125 e. The molecule has 1 N–H and O–H groups in total. The highest BCUT2D eigenvalue weighted by atomic mass is 79.9. The summed E-state index contributed by atoms with van der Waals surface area (Å²) in [6, 6.07) is 2.66. The minimum Gasteiger partial charge on any atom is -0.496 e. The van der Waals surface area contributed by atoms with Gasteiger partial charge in [0.05, 0.1) is 7.11 Å². The number of halogens is 1. The summed E-state index contributed by atoms with van der Waals surface area (Å²) in [5.74, 6) is 1.03. The summed E-state index contributed by atoms with van der Waals surface area (Å²) in [6.45, 7) is 14.2. The summed E-state index contributed by atoms with van der Waals surface area (Å²) in [6.07, 6.45) is 1.08. The molecule has 0 aliphatic rings. The summed E-state index contributed by atoms with van der Waals surface area (Å²) < 4.78 is 6.85. The van der Waals surface area contributed by atoms with E-state index in [0.29, 0.717) is 6.04 Å². The molecular weight excluding hydrogens is 314 g/mol. The number of hydrogen-bond donors (Lipinski definition) is 1. The van der Waals surface area contributed by atoms with Crippen molar-refractivity contribution in [2.45, 2.75) is 59.4 Å². The molecule has 0 saturated carbocycles. The average Bonchev–Trinajstić information content (AvgIpc) is 2.32. The third-order valence-corrected chi connectivity index (χ3v) is 4.67. The third-order valence-electron chi connectivity index (χ3n) is 3.85. The minimum atomic E-state index is 0.0753. The first kappa shape index (κ1) is 17.5. The van der Waals surface area contributed by atoms with E-state index in [4.69, 9.17) is 4.74 Å². The van der Waals surface area contributed by atoms with Crippen molar-refractivity contribution in [3.8, 4) is 5.75 Å². The number of methoxy groups -OCH3 is 1. The summed E-state index contributed by atoms with van der Waals surface area (Å²) in [4.78, 5) is 0. The molecule has 0 aromatic heterocycles. The highest BCUT2D eigenvalue weighted by Gasteiger charge is 2.28. The van der Waals surface area contributed by atoms with Gasteiger partial charge in [0, 0.05) is 16.1 Å². The summed E-state index contributed by atoms with van der Waals surface area (Å²) in [5, 5.41) is 3.50. The maximum atomic E-state index is 5.68. The van der Waals surface area contributed by atoms with E-state index in [1.54, 1.807) is 7.11 Å². The predicted molar refractivity (Wildman–Crippen MR) is 90.9 cm³/mol. The van der Waals surface area contributed by atoms with Crippen LogP contribution in [0.15, 0.2) is 10.5 Å². The van der Waals surface area contributed by atoms with Crippen molar-refractivity contribution >= 4 is 15.9 Å². The molecule has 1 rings (SSSR count). The number of hydrogen-bond acceptors (Lipinski definition) is 2. The zero-order chi connectivity index (χ0) is 15.5. The first-order chi connectivity index (χ1) is 9.20. The first-order valence-corrected chi connectivity index (χ1v) is 8.07. The van der Waals surface area contributed by atoms with Crippen molar-refractivity contribution in [2.75, 3.05) is 13.7 Å². The van der Waals surface area contributed by atoms with Gasteiger partial charge in [0.25, 0.3) is 0 Å². The second-order valence-electron chi connectivity index (χ2n) is 6.45. The fourth-order valence-electron chi connectivity index (χ4n) is 2.73. The Bertz CT molecular complexity index is 467. The molecule has 114 valence electrons. The zero-order valence-electron chi connectivity index (χ0n) is 13.9. The molecule has 0 fully saturated rings. The van der Waals surface area contributed by atoms with E-state index in [2.05, 4.69) is 68.9 Å². The van der Waals surface area contributed by atoms with Crippen LogP contribution >= 0.6 is 15.9 Å². The van der Waals surface area contributed by atoms with Gasteiger partial charge in [-0.3, -0.25) is 0 Å². The summed E-state index contributed by atoms with van der Waals surface area (Å²) >= 11 is 3.67. The van der Waals surface area contributed by atoms with Gasteiger partial charge in [0.15, 0.2) is 0 Å². The predicted octanol–water partition coefficient (Wildman–Crippen LogP) is 4.74. The molecule has 20 heavy (non-hydrogen) atoms. The van der Waals surface area contributed by atoms with E-state index in [0.717, 1.165) is 23.2 Å². The molecule has 0 bridgehead atoms. The molecule has 1 aromatic carbocycles. The van der Waals surface area contributed by atoms with E-state index in [9.17, 15) is 0 Å².